The predicted molar refractivity (Wildman–Crippen MR) is 108 cm³/mol. The van der Waals surface area contributed by atoms with Crippen molar-refractivity contribution in [3.63, 3.8) is 0 Å². The largest absolute Gasteiger partial charge is 0.357 e. The molecule has 7 nitrogen and oxygen atoms in total. The maximum Gasteiger partial charge on any atom is 0.258 e. The lowest BCUT2D eigenvalue weighted by molar-refractivity contribution is 0.137. The molecule has 0 aliphatic heterocycles. The van der Waals surface area contributed by atoms with Crippen LogP contribution in [0.15, 0.2) is 48.1 Å². The molecule has 0 radical (unpaired) electrons. The second-order valence-electron chi connectivity index (χ2n) is 6.43. The van der Waals surface area contributed by atoms with Crippen LogP contribution >= 0.6 is 0 Å². The summed E-state index contributed by atoms with van der Waals surface area (Å²) < 4.78 is 45.7. The molecule has 1 N–H and O–H groups in total. The van der Waals surface area contributed by atoms with Crippen molar-refractivity contribution >= 4 is 11.5 Å². The standard InChI is InChI=1S/C21H20F3N5O2/c1-3-18(29-31-19-6-16(22)9-27-21(19)24)14-4-5-20(26-8-14)28-12-30-11-15-7-25-10-17(23)13(15)2/h4-10H,3,11-12H2,1-2H3,(H,26,28)/b29-18+. The van der Waals surface area contributed by atoms with E-state index < -0.39 is 17.5 Å². The van der Waals surface area contributed by atoms with Crippen molar-refractivity contribution in [2.45, 2.75) is 26.9 Å². The van der Waals surface area contributed by atoms with Crippen molar-refractivity contribution in [2.75, 3.05) is 12.0 Å². The summed E-state index contributed by atoms with van der Waals surface area (Å²) >= 11 is 0. The van der Waals surface area contributed by atoms with Crippen LogP contribution in [0.3, 0.4) is 0 Å². The Hall–Kier alpha value is -3.53. The molecular formula is C21H20F3N5O2. The second-order valence-corrected chi connectivity index (χ2v) is 6.43. The van der Waals surface area contributed by atoms with Gasteiger partial charge in [0.2, 0.25) is 5.75 Å². The monoisotopic (exact) mass is 431 g/mol. The Kier molecular flexibility index (Phi) is 7.50. The highest BCUT2D eigenvalue weighted by atomic mass is 19.1. The third kappa shape index (κ3) is 5.98. The Bertz CT molecular complexity index is 1060. The molecule has 3 aromatic heterocycles. The molecule has 0 bridgehead atoms. The first-order chi connectivity index (χ1) is 15.0. The van der Waals surface area contributed by atoms with Gasteiger partial charge in [-0.15, -0.1) is 0 Å². The molecule has 0 spiro atoms. The van der Waals surface area contributed by atoms with Gasteiger partial charge < -0.3 is 14.9 Å². The van der Waals surface area contributed by atoms with Gasteiger partial charge >= 0.3 is 0 Å². The first kappa shape index (κ1) is 22.2. The van der Waals surface area contributed by atoms with E-state index in [2.05, 4.69) is 25.4 Å². The summed E-state index contributed by atoms with van der Waals surface area (Å²) in [7, 11) is 0. The van der Waals surface area contributed by atoms with Crippen LogP contribution in [0.4, 0.5) is 19.0 Å². The quantitative estimate of drug-likeness (QED) is 0.178. The topological polar surface area (TPSA) is 81.5 Å². The molecule has 0 unspecified atom stereocenters. The molecule has 162 valence electrons. The first-order valence-corrected chi connectivity index (χ1v) is 9.40. The van der Waals surface area contributed by atoms with E-state index >= 15 is 0 Å². The van der Waals surface area contributed by atoms with Crippen LogP contribution in [0.5, 0.6) is 5.75 Å². The number of hydrogen-bond acceptors (Lipinski definition) is 7. The Morgan fingerprint density at radius 3 is 2.68 bits per heavy atom. The van der Waals surface area contributed by atoms with Gasteiger partial charge in [0.25, 0.3) is 5.95 Å². The van der Waals surface area contributed by atoms with E-state index in [-0.39, 0.29) is 19.2 Å². The van der Waals surface area contributed by atoms with Gasteiger partial charge in [0.15, 0.2) is 0 Å². The Morgan fingerprint density at radius 2 is 1.94 bits per heavy atom. The van der Waals surface area contributed by atoms with Crippen LogP contribution in [0.1, 0.15) is 30.0 Å². The minimum atomic E-state index is -0.956. The van der Waals surface area contributed by atoms with Crippen molar-refractivity contribution in [3.8, 4) is 5.75 Å². The maximum absolute atomic E-state index is 13.6. The third-order valence-electron chi connectivity index (χ3n) is 4.33. The average Bonchev–Trinajstić information content (AvgIpc) is 2.77. The molecule has 0 aromatic carbocycles. The first-order valence-electron chi connectivity index (χ1n) is 9.40. The summed E-state index contributed by atoms with van der Waals surface area (Å²) in [5.74, 6) is -1.91. The number of hydrogen-bond donors (Lipinski definition) is 1. The number of anilines is 1. The molecule has 0 amide bonds. The van der Waals surface area contributed by atoms with Crippen LogP contribution < -0.4 is 10.2 Å². The molecule has 0 saturated carbocycles. The molecule has 3 aromatic rings. The summed E-state index contributed by atoms with van der Waals surface area (Å²) in [6, 6.07) is 4.33. The van der Waals surface area contributed by atoms with Crippen molar-refractivity contribution in [1.29, 1.82) is 0 Å². The summed E-state index contributed by atoms with van der Waals surface area (Å²) in [6.07, 6.45) is 5.51. The zero-order chi connectivity index (χ0) is 22.2. The zero-order valence-electron chi connectivity index (χ0n) is 16.9. The smallest absolute Gasteiger partial charge is 0.258 e. The summed E-state index contributed by atoms with van der Waals surface area (Å²) in [6.45, 7) is 3.87. The molecule has 31 heavy (non-hydrogen) atoms. The van der Waals surface area contributed by atoms with E-state index in [1.807, 2.05) is 6.92 Å². The van der Waals surface area contributed by atoms with Crippen LogP contribution in [-0.4, -0.2) is 27.4 Å². The van der Waals surface area contributed by atoms with Crippen molar-refractivity contribution in [3.05, 3.63) is 77.3 Å². The van der Waals surface area contributed by atoms with E-state index in [1.54, 1.807) is 31.5 Å². The predicted octanol–water partition coefficient (Wildman–Crippen LogP) is 4.38. The fourth-order valence-corrected chi connectivity index (χ4v) is 2.53. The van der Waals surface area contributed by atoms with Crippen LogP contribution in [0.25, 0.3) is 0 Å². The molecule has 0 atom stereocenters. The van der Waals surface area contributed by atoms with Gasteiger partial charge in [-0.3, -0.25) is 4.98 Å². The van der Waals surface area contributed by atoms with Crippen molar-refractivity contribution in [1.82, 2.24) is 15.0 Å². The SMILES string of the molecule is CC/C(=N\Oc1cc(F)cnc1F)c1ccc(NCOCc2cncc(F)c2C)nc1. The van der Waals surface area contributed by atoms with Gasteiger partial charge in [0.1, 0.15) is 24.2 Å². The Balaban J connectivity index is 1.55. The lowest BCUT2D eigenvalue weighted by Crippen LogP contribution is -2.09. The Labute approximate surface area is 177 Å². The lowest BCUT2D eigenvalue weighted by atomic mass is 10.1. The normalized spacial score (nSPS) is 11.5. The number of rotatable bonds is 9. The number of pyridine rings is 3. The van der Waals surface area contributed by atoms with Gasteiger partial charge in [-0.1, -0.05) is 12.1 Å². The van der Waals surface area contributed by atoms with Gasteiger partial charge in [-0.25, -0.2) is 18.7 Å². The van der Waals surface area contributed by atoms with Crippen molar-refractivity contribution < 1.29 is 22.7 Å². The molecular weight excluding hydrogens is 411 g/mol. The zero-order valence-corrected chi connectivity index (χ0v) is 16.9. The number of nitrogens with zero attached hydrogens (tertiary/aromatic N) is 4. The lowest BCUT2D eigenvalue weighted by Gasteiger charge is -2.10. The van der Waals surface area contributed by atoms with Crippen molar-refractivity contribution in [2.24, 2.45) is 5.16 Å². The minimum Gasteiger partial charge on any atom is -0.357 e. The van der Waals surface area contributed by atoms with Gasteiger partial charge in [-0.2, -0.15) is 4.39 Å². The molecule has 0 aliphatic carbocycles. The van der Waals surface area contributed by atoms with Gasteiger partial charge in [-0.05, 0) is 31.0 Å². The van der Waals surface area contributed by atoms with E-state index in [4.69, 9.17) is 9.57 Å². The number of ether oxygens (including phenoxy) is 1. The van der Waals surface area contributed by atoms with Gasteiger partial charge in [0.05, 0.1) is 24.7 Å². The molecule has 3 rings (SSSR count). The number of oxime groups is 1. The average molecular weight is 431 g/mol. The Morgan fingerprint density at radius 1 is 1.10 bits per heavy atom. The molecule has 10 heteroatoms. The molecule has 0 saturated heterocycles. The number of nitrogens with one attached hydrogen (secondary N) is 1. The molecule has 0 fully saturated rings. The summed E-state index contributed by atoms with van der Waals surface area (Å²) in [5, 5.41) is 6.87. The summed E-state index contributed by atoms with van der Waals surface area (Å²) in [4.78, 5) is 16.3. The highest BCUT2D eigenvalue weighted by Gasteiger charge is 2.09. The fraction of sp³-hybridized carbons (Fsp3) is 0.238. The number of halogens is 3. The minimum absolute atomic E-state index is 0.159. The van der Waals surface area contributed by atoms with E-state index in [0.29, 0.717) is 34.6 Å². The van der Waals surface area contributed by atoms with E-state index in [9.17, 15) is 13.2 Å². The maximum atomic E-state index is 13.6. The van der Waals surface area contributed by atoms with Crippen LogP contribution in [0.2, 0.25) is 0 Å². The van der Waals surface area contributed by atoms with E-state index in [0.717, 1.165) is 18.5 Å². The van der Waals surface area contributed by atoms with Crippen LogP contribution in [0, 0.1) is 24.5 Å². The second kappa shape index (κ2) is 10.5. The molecule has 3 heterocycles. The highest BCUT2D eigenvalue weighted by molar-refractivity contribution is 5.99. The molecule has 0 aliphatic rings. The fourth-order valence-electron chi connectivity index (χ4n) is 2.53. The highest BCUT2D eigenvalue weighted by Crippen LogP contribution is 2.17. The summed E-state index contributed by atoms with van der Waals surface area (Å²) in [5.41, 5.74) is 2.31. The van der Waals surface area contributed by atoms with E-state index in [1.165, 1.54) is 0 Å². The number of aromatic nitrogens is 3. The van der Waals surface area contributed by atoms with Crippen LogP contribution in [-0.2, 0) is 11.3 Å². The third-order valence-corrected chi connectivity index (χ3v) is 4.33. The van der Waals surface area contributed by atoms with Gasteiger partial charge in [0, 0.05) is 29.6 Å².